The van der Waals surface area contributed by atoms with Crippen LogP contribution in [0.3, 0.4) is 0 Å². The minimum absolute atomic E-state index is 0.825. The molecule has 0 saturated carbocycles. The molecule has 1 N–H and O–H groups in total. The molecule has 0 bridgehead atoms. The SMILES string of the molecule is c1ccc(CN2CCCCC2CC2CNC2)cc1. The molecule has 0 amide bonds. The number of hydrogen-bond donors (Lipinski definition) is 1. The van der Waals surface area contributed by atoms with Crippen molar-refractivity contribution < 1.29 is 0 Å². The first-order chi connectivity index (χ1) is 8.92. The Morgan fingerprint density at radius 2 is 1.94 bits per heavy atom. The lowest BCUT2D eigenvalue weighted by atomic mass is 9.89. The summed E-state index contributed by atoms with van der Waals surface area (Å²) in [5.74, 6) is 0.936. The Hall–Kier alpha value is -0.860. The summed E-state index contributed by atoms with van der Waals surface area (Å²) in [5.41, 5.74) is 1.47. The van der Waals surface area contributed by atoms with Gasteiger partial charge in [0.25, 0.3) is 0 Å². The van der Waals surface area contributed by atoms with E-state index in [0.717, 1.165) is 18.5 Å². The molecule has 2 aliphatic heterocycles. The first-order valence-corrected chi connectivity index (χ1v) is 7.40. The second kappa shape index (κ2) is 5.85. The number of benzene rings is 1. The van der Waals surface area contributed by atoms with E-state index >= 15 is 0 Å². The molecule has 1 aromatic rings. The Bertz CT molecular complexity index is 359. The summed E-state index contributed by atoms with van der Waals surface area (Å²) in [5, 5.41) is 3.40. The number of nitrogens with zero attached hydrogens (tertiary/aromatic N) is 1. The van der Waals surface area contributed by atoms with Gasteiger partial charge in [-0.05, 0) is 50.4 Å². The Kier molecular flexibility index (Phi) is 3.96. The zero-order chi connectivity index (χ0) is 12.2. The van der Waals surface area contributed by atoms with Crippen LogP contribution in [0.25, 0.3) is 0 Å². The molecular formula is C16H24N2. The van der Waals surface area contributed by atoms with Gasteiger partial charge in [-0.1, -0.05) is 36.8 Å². The normalized spacial score (nSPS) is 25.9. The Balaban J connectivity index is 1.60. The minimum atomic E-state index is 0.825. The topological polar surface area (TPSA) is 15.3 Å². The summed E-state index contributed by atoms with van der Waals surface area (Å²) in [6, 6.07) is 11.8. The zero-order valence-corrected chi connectivity index (χ0v) is 11.1. The van der Waals surface area contributed by atoms with Gasteiger partial charge in [0.2, 0.25) is 0 Å². The fourth-order valence-corrected chi connectivity index (χ4v) is 3.25. The summed E-state index contributed by atoms with van der Waals surface area (Å²) >= 11 is 0. The van der Waals surface area contributed by atoms with Crippen molar-refractivity contribution in [3.63, 3.8) is 0 Å². The van der Waals surface area contributed by atoms with Crippen LogP contribution in [-0.4, -0.2) is 30.6 Å². The molecule has 3 rings (SSSR count). The van der Waals surface area contributed by atoms with E-state index < -0.39 is 0 Å². The minimum Gasteiger partial charge on any atom is -0.316 e. The lowest BCUT2D eigenvalue weighted by molar-refractivity contribution is 0.107. The van der Waals surface area contributed by atoms with Gasteiger partial charge in [0.1, 0.15) is 0 Å². The summed E-state index contributed by atoms with van der Waals surface area (Å²) in [6.07, 6.45) is 5.62. The first-order valence-electron chi connectivity index (χ1n) is 7.40. The van der Waals surface area contributed by atoms with Gasteiger partial charge in [0, 0.05) is 12.6 Å². The summed E-state index contributed by atoms with van der Waals surface area (Å²) in [4.78, 5) is 2.72. The van der Waals surface area contributed by atoms with Crippen LogP contribution in [0.4, 0.5) is 0 Å². The van der Waals surface area contributed by atoms with E-state index in [1.165, 1.54) is 50.9 Å². The van der Waals surface area contributed by atoms with Crippen LogP contribution >= 0.6 is 0 Å². The van der Waals surface area contributed by atoms with E-state index in [1.54, 1.807) is 0 Å². The molecular weight excluding hydrogens is 220 g/mol. The Labute approximate surface area is 110 Å². The lowest BCUT2D eigenvalue weighted by Gasteiger charge is -2.40. The van der Waals surface area contributed by atoms with Gasteiger partial charge in [0.15, 0.2) is 0 Å². The van der Waals surface area contributed by atoms with Crippen molar-refractivity contribution >= 4 is 0 Å². The fraction of sp³-hybridized carbons (Fsp3) is 0.625. The van der Waals surface area contributed by atoms with Gasteiger partial charge in [-0.2, -0.15) is 0 Å². The van der Waals surface area contributed by atoms with Crippen LogP contribution in [0.1, 0.15) is 31.2 Å². The maximum atomic E-state index is 3.40. The molecule has 1 aromatic carbocycles. The zero-order valence-electron chi connectivity index (χ0n) is 11.1. The molecule has 2 nitrogen and oxygen atoms in total. The second-order valence-electron chi connectivity index (χ2n) is 5.87. The quantitative estimate of drug-likeness (QED) is 0.876. The summed E-state index contributed by atoms with van der Waals surface area (Å²) in [7, 11) is 0. The predicted octanol–water partition coefficient (Wildman–Crippen LogP) is 2.65. The third kappa shape index (κ3) is 2.93. The molecule has 0 aliphatic carbocycles. The van der Waals surface area contributed by atoms with Gasteiger partial charge >= 0.3 is 0 Å². The van der Waals surface area contributed by atoms with Crippen molar-refractivity contribution in [3.05, 3.63) is 35.9 Å². The highest BCUT2D eigenvalue weighted by Gasteiger charge is 2.27. The Morgan fingerprint density at radius 1 is 1.11 bits per heavy atom. The molecule has 2 fully saturated rings. The van der Waals surface area contributed by atoms with Crippen molar-refractivity contribution in [2.45, 2.75) is 38.3 Å². The Morgan fingerprint density at radius 3 is 2.67 bits per heavy atom. The van der Waals surface area contributed by atoms with E-state index in [-0.39, 0.29) is 0 Å². The van der Waals surface area contributed by atoms with Crippen molar-refractivity contribution in [2.24, 2.45) is 5.92 Å². The third-order valence-corrected chi connectivity index (χ3v) is 4.45. The van der Waals surface area contributed by atoms with Crippen LogP contribution in [0.2, 0.25) is 0 Å². The highest BCUT2D eigenvalue weighted by atomic mass is 15.2. The van der Waals surface area contributed by atoms with Crippen LogP contribution in [0, 0.1) is 5.92 Å². The highest BCUT2D eigenvalue weighted by molar-refractivity contribution is 5.14. The molecule has 2 saturated heterocycles. The predicted molar refractivity (Wildman–Crippen MR) is 75.5 cm³/mol. The van der Waals surface area contributed by atoms with E-state index in [1.807, 2.05) is 0 Å². The molecule has 1 atom stereocenters. The second-order valence-corrected chi connectivity index (χ2v) is 5.87. The van der Waals surface area contributed by atoms with Crippen molar-refractivity contribution in [2.75, 3.05) is 19.6 Å². The molecule has 0 radical (unpaired) electrons. The van der Waals surface area contributed by atoms with Gasteiger partial charge in [0.05, 0.1) is 0 Å². The van der Waals surface area contributed by atoms with Crippen LogP contribution in [0.15, 0.2) is 30.3 Å². The van der Waals surface area contributed by atoms with Crippen LogP contribution in [0.5, 0.6) is 0 Å². The molecule has 2 heteroatoms. The number of hydrogen-bond acceptors (Lipinski definition) is 2. The first kappa shape index (κ1) is 12.2. The molecule has 18 heavy (non-hydrogen) atoms. The van der Waals surface area contributed by atoms with E-state index in [2.05, 4.69) is 40.5 Å². The molecule has 98 valence electrons. The van der Waals surface area contributed by atoms with E-state index in [9.17, 15) is 0 Å². The van der Waals surface area contributed by atoms with Crippen molar-refractivity contribution in [3.8, 4) is 0 Å². The largest absolute Gasteiger partial charge is 0.316 e. The number of nitrogens with one attached hydrogen (secondary N) is 1. The lowest BCUT2D eigenvalue weighted by Crippen LogP contribution is -2.48. The maximum absolute atomic E-state index is 3.40. The average molecular weight is 244 g/mol. The summed E-state index contributed by atoms with van der Waals surface area (Å²) < 4.78 is 0. The fourth-order valence-electron chi connectivity index (χ4n) is 3.25. The molecule has 2 aliphatic rings. The number of rotatable bonds is 4. The smallest absolute Gasteiger partial charge is 0.0236 e. The molecule has 0 aromatic heterocycles. The third-order valence-electron chi connectivity index (χ3n) is 4.45. The number of piperidine rings is 1. The van der Waals surface area contributed by atoms with Crippen LogP contribution < -0.4 is 5.32 Å². The monoisotopic (exact) mass is 244 g/mol. The van der Waals surface area contributed by atoms with Gasteiger partial charge in [-0.15, -0.1) is 0 Å². The van der Waals surface area contributed by atoms with Gasteiger partial charge < -0.3 is 5.32 Å². The summed E-state index contributed by atoms with van der Waals surface area (Å²) in [6.45, 7) is 4.93. The average Bonchev–Trinajstić information content (AvgIpc) is 2.37. The number of likely N-dealkylation sites (tertiary alicyclic amines) is 1. The van der Waals surface area contributed by atoms with Gasteiger partial charge in [-0.25, -0.2) is 0 Å². The standard InChI is InChI=1S/C16H24N2/c1-2-6-14(7-3-1)13-18-9-5-4-8-16(18)10-15-11-17-12-15/h1-3,6-7,15-17H,4-5,8-13H2. The van der Waals surface area contributed by atoms with Crippen LogP contribution in [-0.2, 0) is 6.54 Å². The van der Waals surface area contributed by atoms with Crippen molar-refractivity contribution in [1.82, 2.24) is 10.2 Å². The molecule has 0 spiro atoms. The maximum Gasteiger partial charge on any atom is 0.0236 e. The molecule has 1 unspecified atom stereocenters. The highest BCUT2D eigenvalue weighted by Crippen LogP contribution is 2.25. The van der Waals surface area contributed by atoms with Crippen molar-refractivity contribution in [1.29, 1.82) is 0 Å². The molecule has 2 heterocycles. The van der Waals surface area contributed by atoms with E-state index in [0.29, 0.717) is 0 Å². The van der Waals surface area contributed by atoms with E-state index in [4.69, 9.17) is 0 Å². The van der Waals surface area contributed by atoms with Gasteiger partial charge in [-0.3, -0.25) is 4.90 Å².